The highest BCUT2D eigenvalue weighted by atomic mass is 31.2. The lowest BCUT2D eigenvalue weighted by Crippen LogP contribution is -2.29. The van der Waals surface area contributed by atoms with Crippen molar-refractivity contribution in [3.63, 3.8) is 0 Å². The molecule has 1 aliphatic carbocycles. The highest BCUT2D eigenvalue weighted by Gasteiger charge is 2.39. The maximum Gasteiger partial charge on any atom is 0.472 e. The molecule has 1 aliphatic rings. The Morgan fingerprint density at radius 1 is 0.741 bits per heavy atom. The van der Waals surface area contributed by atoms with Crippen molar-refractivity contribution in [1.82, 2.24) is 0 Å². The minimum Gasteiger partial charge on any atom is -0.462 e. The molecule has 1 saturated carbocycles. The monoisotopic (exact) mass is 840 g/mol. The quantitative estimate of drug-likeness (QED) is 0.0174. The van der Waals surface area contributed by atoms with E-state index in [4.69, 9.17) is 24.3 Å². The summed E-state index contributed by atoms with van der Waals surface area (Å²) in [5, 5.41) is 31.3. The number of allylic oxidation sites excluding steroid dienone is 8. The van der Waals surface area contributed by atoms with E-state index in [2.05, 4.69) is 50.3 Å². The zero-order valence-corrected chi connectivity index (χ0v) is 36.5. The van der Waals surface area contributed by atoms with Gasteiger partial charge in [-0.05, 0) is 76.5 Å². The van der Waals surface area contributed by atoms with Gasteiger partial charge in [0.15, 0.2) is 6.10 Å². The molecule has 1 rings (SSSR count). The summed E-state index contributed by atoms with van der Waals surface area (Å²) in [6.07, 6.45) is 34.9. The lowest BCUT2D eigenvalue weighted by Gasteiger charge is -2.20. The molecule has 58 heavy (non-hydrogen) atoms. The van der Waals surface area contributed by atoms with Crippen LogP contribution >= 0.6 is 7.82 Å². The van der Waals surface area contributed by atoms with Gasteiger partial charge < -0.3 is 35.4 Å². The van der Waals surface area contributed by atoms with Gasteiger partial charge in [-0.2, -0.15) is 0 Å². The van der Waals surface area contributed by atoms with E-state index in [1.165, 1.54) is 19.3 Å². The Morgan fingerprint density at radius 3 is 2.03 bits per heavy atom. The van der Waals surface area contributed by atoms with E-state index in [0.29, 0.717) is 32.1 Å². The van der Waals surface area contributed by atoms with Gasteiger partial charge in [0.05, 0.1) is 31.5 Å². The fraction of sp³-hybridized carbons (Fsp3) is 0.733. The van der Waals surface area contributed by atoms with Crippen LogP contribution < -0.4 is 5.73 Å². The molecule has 0 aromatic heterocycles. The van der Waals surface area contributed by atoms with Crippen molar-refractivity contribution in [1.29, 1.82) is 0 Å². The summed E-state index contributed by atoms with van der Waals surface area (Å²) in [6, 6.07) is 0. The third-order valence-electron chi connectivity index (χ3n) is 9.95. The molecule has 0 aliphatic heterocycles. The third kappa shape index (κ3) is 28.9. The molecule has 0 radical (unpaired) electrons. The Balaban J connectivity index is 2.43. The van der Waals surface area contributed by atoms with Crippen molar-refractivity contribution >= 4 is 19.8 Å². The Hall–Kier alpha value is -2.41. The predicted molar refractivity (Wildman–Crippen MR) is 231 cm³/mol. The van der Waals surface area contributed by atoms with Crippen LogP contribution in [0.4, 0.5) is 0 Å². The van der Waals surface area contributed by atoms with Gasteiger partial charge in [0.1, 0.15) is 6.61 Å². The van der Waals surface area contributed by atoms with Crippen LogP contribution in [0.25, 0.3) is 0 Å². The Bertz CT molecular complexity index is 1250. The van der Waals surface area contributed by atoms with Gasteiger partial charge in [-0.15, -0.1) is 0 Å². The van der Waals surface area contributed by atoms with E-state index < -0.39 is 50.8 Å². The highest BCUT2D eigenvalue weighted by molar-refractivity contribution is 7.47. The summed E-state index contributed by atoms with van der Waals surface area (Å²) < 4.78 is 32.7. The largest absolute Gasteiger partial charge is 0.472 e. The van der Waals surface area contributed by atoms with Gasteiger partial charge in [0, 0.05) is 31.7 Å². The summed E-state index contributed by atoms with van der Waals surface area (Å²) in [5.41, 5.74) is 5.34. The van der Waals surface area contributed by atoms with E-state index in [-0.39, 0.29) is 50.9 Å². The van der Waals surface area contributed by atoms with Crippen LogP contribution in [0.5, 0.6) is 0 Å². The first kappa shape index (κ1) is 53.6. The molecule has 0 spiro atoms. The number of unbranched alkanes of at least 4 members (excludes halogenated alkanes) is 10. The van der Waals surface area contributed by atoms with Crippen LogP contribution in [0.1, 0.15) is 149 Å². The number of phosphoric acid groups is 1. The third-order valence-corrected chi connectivity index (χ3v) is 10.9. The van der Waals surface area contributed by atoms with Crippen molar-refractivity contribution in [3.8, 4) is 0 Å². The number of ether oxygens (including phenoxy) is 2. The fourth-order valence-corrected chi connectivity index (χ4v) is 7.34. The number of nitrogens with two attached hydrogens (primary N) is 1. The Morgan fingerprint density at radius 2 is 1.34 bits per heavy atom. The number of carbonyl (C=O) groups is 2. The number of hydrogen-bond acceptors (Lipinski definition) is 11. The Kier molecular flexibility index (Phi) is 32.7. The zero-order chi connectivity index (χ0) is 42.7. The molecule has 1 unspecified atom stereocenters. The topological polar surface area (TPSA) is 195 Å². The van der Waals surface area contributed by atoms with Crippen molar-refractivity contribution in [2.75, 3.05) is 26.4 Å². The molecular weight excluding hydrogens is 761 g/mol. The molecule has 12 nitrogen and oxygen atoms in total. The van der Waals surface area contributed by atoms with Crippen LogP contribution in [-0.4, -0.2) is 82.9 Å². The smallest absolute Gasteiger partial charge is 0.462 e. The van der Waals surface area contributed by atoms with Crippen molar-refractivity contribution in [3.05, 3.63) is 60.8 Å². The summed E-state index contributed by atoms with van der Waals surface area (Å²) in [5.74, 6) is -1.48. The first-order valence-electron chi connectivity index (χ1n) is 22.0. The predicted octanol–water partition coefficient (Wildman–Crippen LogP) is 8.88. The summed E-state index contributed by atoms with van der Waals surface area (Å²) in [4.78, 5) is 35.1. The highest BCUT2D eigenvalue weighted by Crippen LogP contribution is 2.43. The minimum atomic E-state index is -4.46. The van der Waals surface area contributed by atoms with Gasteiger partial charge >= 0.3 is 19.8 Å². The average molecular weight is 840 g/mol. The summed E-state index contributed by atoms with van der Waals surface area (Å²) in [6.45, 7) is 3.28. The number of rotatable bonds is 36. The van der Waals surface area contributed by atoms with E-state index in [1.54, 1.807) is 6.08 Å². The van der Waals surface area contributed by atoms with Crippen LogP contribution in [0.15, 0.2) is 60.8 Å². The average Bonchev–Trinajstić information content (AvgIpc) is 3.47. The van der Waals surface area contributed by atoms with Crippen molar-refractivity contribution in [2.45, 2.75) is 173 Å². The van der Waals surface area contributed by atoms with Crippen LogP contribution in [0.3, 0.4) is 0 Å². The van der Waals surface area contributed by atoms with E-state index in [0.717, 1.165) is 64.2 Å². The summed E-state index contributed by atoms with van der Waals surface area (Å²) >= 11 is 0. The SMILES string of the molecule is CCCCC/C=C\C/C=C\C/C=C\CCCCCCC(=O)OC[C@H](COP(=O)(O)OCCN)OC(=O)CCC/C=C/C[C@@H]1[C@@H](/C=C/[C@@H](O)CCCCC)[C@H](O)C[C@@H]1O. The molecule has 6 N–H and O–H groups in total. The second kappa shape index (κ2) is 35.4. The fourth-order valence-electron chi connectivity index (χ4n) is 6.57. The molecule has 0 saturated heterocycles. The van der Waals surface area contributed by atoms with Crippen LogP contribution in [0, 0.1) is 11.8 Å². The molecule has 13 heteroatoms. The molecular formula is C45H78NO11P. The van der Waals surface area contributed by atoms with Crippen molar-refractivity contribution in [2.24, 2.45) is 17.6 Å². The lowest BCUT2D eigenvalue weighted by molar-refractivity contribution is -0.161. The summed E-state index contributed by atoms with van der Waals surface area (Å²) in [7, 11) is -4.46. The van der Waals surface area contributed by atoms with Gasteiger partial charge in [-0.1, -0.05) is 120 Å². The number of carbonyl (C=O) groups excluding carboxylic acids is 2. The molecule has 0 aromatic carbocycles. The van der Waals surface area contributed by atoms with Gasteiger partial charge in [-0.25, -0.2) is 4.57 Å². The maximum absolute atomic E-state index is 12.7. The van der Waals surface area contributed by atoms with Crippen LogP contribution in [-0.2, 0) is 32.7 Å². The van der Waals surface area contributed by atoms with E-state index in [1.807, 2.05) is 18.2 Å². The van der Waals surface area contributed by atoms with Gasteiger partial charge in [-0.3, -0.25) is 18.6 Å². The first-order chi connectivity index (χ1) is 28.0. The zero-order valence-electron chi connectivity index (χ0n) is 35.6. The number of aliphatic hydroxyl groups is 3. The Labute approximate surface area is 349 Å². The number of esters is 2. The van der Waals surface area contributed by atoms with E-state index in [9.17, 15) is 34.4 Å². The minimum absolute atomic E-state index is 0.00834. The second-order valence-corrected chi connectivity index (χ2v) is 16.6. The molecule has 1 fully saturated rings. The number of hydrogen-bond donors (Lipinski definition) is 5. The van der Waals surface area contributed by atoms with Gasteiger partial charge in [0.2, 0.25) is 0 Å². The maximum atomic E-state index is 12.7. The molecule has 334 valence electrons. The van der Waals surface area contributed by atoms with Gasteiger partial charge in [0.25, 0.3) is 0 Å². The molecule has 0 amide bonds. The van der Waals surface area contributed by atoms with Crippen molar-refractivity contribution < 1.29 is 52.9 Å². The lowest BCUT2D eigenvalue weighted by atomic mass is 9.89. The molecule has 7 atom stereocenters. The second-order valence-electron chi connectivity index (χ2n) is 15.2. The molecule has 0 bridgehead atoms. The van der Waals surface area contributed by atoms with E-state index >= 15 is 0 Å². The normalized spacial score (nSPS) is 20.9. The number of aliphatic hydroxyl groups excluding tert-OH is 3. The molecule has 0 aromatic rings. The first-order valence-corrected chi connectivity index (χ1v) is 23.5. The standard InChI is InChI=1S/C45H78NO11P/c1-3-5-7-8-9-10-11-12-13-14-15-16-17-18-19-20-25-29-44(50)54-36-39(37-56-58(52,53)55-34-33-46)57-45(51)30-26-22-21-24-28-40-41(43(49)35-42(40)48)32-31-38(47)27-23-6-4-2/h9-10,12-13,15-16,21,24,31-32,38-43,47-49H,3-8,11,14,17-20,22-23,25-30,33-37,46H2,1-2H3,(H,52,53)/b10-9-,13-12-,16-15-,24-21+,32-31+/t38-,39+,40+,41+,42-,43+/m0/s1. The number of phosphoric ester groups is 1. The van der Waals surface area contributed by atoms with Crippen LogP contribution in [0.2, 0.25) is 0 Å². The molecule has 0 heterocycles.